The minimum Gasteiger partial charge on any atom is -0.352 e. The Morgan fingerprint density at radius 2 is 1.50 bits per heavy atom. The second-order valence-electron chi connectivity index (χ2n) is 9.96. The Kier molecular flexibility index (Phi) is 7.26. The van der Waals surface area contributed by atoms with Crippen LogP contribution in [0.4, 0.5) is 0 Å². The van der Waals surface area contributed by atoms with Crippen molar-refractivity contribution in [2.75, 3.05) is 0 Å². The molecule has 0 aliphatic heterocycles. The molecule has 2 fully saturated rings. The van der Waals surface area contributed by atoms with E-state index >= 15 is 0 Å². The van der Waals surface area contributed by atoms with Crippen molar-refractivity contribution >= 4 is 11.8 Å². The van der Waals surface area contributed by atoms with Crippen LogP contribution in [0.3, 0.4) is 0 Å². The summed E-state index contributed by atoms with van der Waals surface area (Å²) in [6, 6.07) is 13.0. The van der Waals surface area contributed by atoms with Crippen molar-refractivity contribution in [3.05, 3.63) is 99.7 Å². The summed E-state index contributed by atoms with van der Waals surface area (Å²) < 4.78 is 1.87. The van der Waals surface area contributed by atoms with Gasteiger partial charge in [0.25, 0.3) is 11.8 Å². The first-order chi connectivity index (χ1) is 17.6. The summed E-state index contributed by atoms with van der Waals surface area (Å²) in [5.74, 6) is -0.419. The molecule has 36 heavy (non-hydrogen) atoms. The summed E-state index contributed by atoms with van der Waals surface area (Å²) in [4.78, 5) is 44.0. The van der Waals surface area contributed by atoms with Crippen molar-refractivity contribution in [3.8, 4) is 0 Å². The molecule has 1 atom stereocenters. The van der Waals surface area contributed by atoms with E-state index in [1.807, 2.05) is 47.0 Å². The lowest BCUT2D eigenvalue weighted by Crippen LogP contribution is -2.37. The molecule has 2 saturated carbocycles. The number of aromatic nitrogens is 2. The van der Waals surface area contributed by atoms with Gasteiger partial charge in [-0.15, -0.1) is 0 Å². The maximum atomic E-state index is 13.6. The number of amides is 2. The van der Waals surface area contributed by atoms with E-state index in [4.69, 9.17) is 0 Å². The molecule has 7 nitrogen and oxygen atoms in total. The molecular formula is C29H32N4O3. The lowest BCUT2D eigenvalue weighted by molar-refractivity contribution is 0.0940. The minimum absolute atomic E-state index is 0.00996. The molecule has 2 aromatic heterocycles. The number of nitrogens with zero attached hydrogens (tertiary/aromatic N) is 2. The molecule has 2 aliphatic carbocycles. The van der Waals surface area contributed by atoms with Crippen LogP contribution in [0.15, 0.2) is 72.0 Å². The number of benzene rings is 1. The van der Waals surface area contributed by atoms with E-state index in [0.717, 1.165) is 36.8 Å². The summed E-state index contributed by atoms with van der Waals surface area (Å²) in [6.07, 6.45) is 14.3. The van der Waals surface area contributed by atoms with Gasteiger partial charge in [-0.2, -0.15) is 0 Å². The highest BCUT2D eigenvalue weighted by molar-refractivity contribution is 5.99. The molecule has 0 saturated heterocycles. The van der Waals surface area contributed by atoms with Crippen LogP contribution < -0.4 is 16.1 Å². The van der Waals surface area contributed by atoms with E-state index in [1.54, 1.807) is 24.8 Å². The molecule has 0 spiro atoms. The molecule has 7 heteroatoms. The third-order valence-corrected chi connectivity index (χ3v) is 7.12. The zero-order chi connectivity index (χ0) is 24.9. The van der Waals surface area contributed by atoms with Gasteiger partial charge in [0.05, 0.1) is 6.04 Å². The standard InChI is InChI=1S/C29H32N4O3/c34-27-24(28(35)31-23-11-12-23)18-33(17-20-7-3-1-4-8-20)19-25(27)29(36)32-26(21-9-5-2-6-10-21)22-13-15-30-16-14-22/h2,5-6,9-10,13-16,18-20,23,26H,1,3-4,7-8,11-12,17H2,(H,31,35)(H,32,36)/t26-/m0/s1. The highest BCUT2D eigenvalue weighted by Gasteiger charge is 2.28. The van der Waals surface area contributed by atoms with Crippen LogP contribution in [0.1, 0.15) is 82.8 Å². The molecule has 2 heterocycles. The van der Waals surface area contributed by atoms with E-state index in [-0.39, 0.29) is 17.2 Å². The van der Waals surface area contributed by atoms with E-state index < -0.39 is 23.3 Å². The summed E-state index contributed by atoms with van der Waals surface area (Å²) in [5, 5.41) is 5.95. The van der Waals surface area contributed by atoms with Crippen molar-refractivity contribution in [3.63, 3.8) is 0 Å². The highest BCUT2D eigenvalue weighted by atomic mass is 16.2. The Labute approximate surface area is 211 Å². The first-order valence-corrected chi connectivity index (χ1v) is 12.9. The van der Waals surface area contributed by atoms with Gasteiger partial charge in [0, 0.05) is 37.4 Å². The fourth-order valence-electron chi connectivity index (χ4n) is 4.99. The Morgan fingerprint density at radius 1 is 0.861 bits per heavy atom. The Hall–Kier alpha value is -3.74. The second kappa shape index (κ2) is 10.9. The average Bonchev–Trinajstić information content (AvgIpc) is 3.73. The summed E-state index contributed by atoms with van der Waals surface area (Å²) in [7, 11) is 0. The van der Waals surface area contributed by atoms with Gasteiger partial charge in [0.1, 0.15) is 11.1 Å². The summed E-state index contributed by atoms with van der Waals surface area (Å²) in [5.41, 5.74) is 1.23. The number of pyridine rings is 2. The van der Waals surface area contributed by atoms with E-state index in [9.17, 15) is 14.4 Å². The van der Waals surface area contributed by atoms with E-state index in [0.29, 0.717) is 12.5 Å². The van der Waals surface area contributed by atoms with Crippen LogP contribution >= 0.6 is 0 Å². The van der Waals surface area contributed by atoms with Gasteiger partial charge >= 0.3 is 0 Å². The van der Waals surface area contributed by atoms with Gasteiger partial charge in [-0.25, -0.2) is 0 Å². The third kappa shape index (κ3) is 5.73. The number of rotatable bonds is 8. The van der Waals surface area contributed by atoms with Gasteiger partial charge in [-0.3, -0.25) is 19.4 Å². The maximum Gasteiger partial charge on any atom is 0.257 e. The third-order valence-electron chi connectivity index (χ3n) is 7.12. The molecule has 1 aromatic carbocycles. The molecule has 0 bridgehead atoms. The van der Waals surface area contributed by atoms with Gasteiger partial charge in [0.15, 0.2) is 0 Å². The van der Waals surface area contributed by atoms with Crippen LogP contribution in [0, 0.1) is 5.92 Å². The van der Waals surface area contributed by atoms with Crippen molar-refractivity contribution < 1.29 is 9.59 Å². The Bertz CT molecular complexity index is 1220. The zero-order valence-electron chi connectivity index (χ0n) is 20.4. The van der Waals surface area contributed by atoms with Crippen molar-refractivity contribution in [2.45, 2.75) is 63.6 Å². The molecule has 3 aromatic rings. The van der Waals surface area contributed by atoms with Crippen LogP contribution in [-0.2, 0) is 6.54 Å². The topological polar surface area (TPSA) is 93.1 Å². The molecule has 2 amide bonds. The normalized spacial score (nSPS) is 16.8. The predicted octanol–water partition coefficient (Wildman–Crippen LogP) is 4.24. The lowest BCUT2D eigenvalue weighted by atomic mass is 9.89. The van der Waals surface area contributed by atoms with Crippen LogP contribution in [0.5, 0.6) is 0 Å². The molecule has 2 aliphatic rings. The number of hydrogen-bond donors (Lipinski definition) is 2. The summed E-state index contributed by atoms with van der Waals surface area (Å²) >= 11 is 0. The van der Waals surface area contributed by atoms with Crippen molar-refractivity contribution in [1.29, 1.82) is 0 Å². The van der Waals surface area contributed by atoms with Gasteiger partial charge < -0.3 is 15.2 Å². The fourth-order valence-corrected chi connectivity index (χ4v) is 4.99. The van der Waals surface area contributed by atoms with Gasteiger partial charge in [-0.05, 0) is 54.9 Å². The molecule has 0 radical (unpaired) electrons. The summed E-state index contributed by atoms with van der Waals surface area (Å²) in [6.45, 7) is 0.691. The first-order valence-electron chi connectivity index (χ1n) is 12.9. The van der Waals surface area contributed by atoms with E-state index in [2.05, 4.69) is 15.6 Å². The zero-order valence-corrected chi connectivity index (χ0v) is 20.4. The number of carbonyl (C=O) groups excluding carboxylic acids is 2. The first kappa shape index (κ1) is 24.0. The lowest BCUT2D eigenvalue weighted by Gasteiger charge is -2.24. The maximum absolute atomic E-state index is 13.6. The van der Waals surface area contributed by atoms with E-state index in [1.165, 1.54) is 19.3 Å². The molecule has 186 valence electrons. The van der Waals surface area contributed by atoms with Crippen molar-refractivity contribution in [2.24, 2.45) is 5.92 Å². The van der Waals surface area contributed by atoms with Gasteiger partial charge in [0.2, 0.25) is 5.43 Å². The smallest absolute Gasteiger partial charge is 0.257 e. The molecule has 5 rings (SSSR count). The highest BCUT2D eigenvalue weighted by Crippen LogP contribution is 2.26. The Balaban J connectivity index is 1.48. The Morgan fingerprint density at radius 3 is 2.17 bits per heavy atom. The van der Waals surface area contributed by atoms with Crippen LogP contribution in [-0.4, -0.2) is 27.4 Å². The number of hydrogen-bond acceptors (Lipinski definition) is 4. The quantitative estimate of drug-likeness (QED) is 0.500. The SMILES string of the molecule is O=C(NC1CC1)c1cn(CC2CCCCC2)cc(C(=O)N[C@@H](c2ccccc2)c2ccncc2)c1=O. The van der Waals surface area contributed by atoms with Gasteiger partial charge in [-0.1, -0.05) is 49.6 Å². The number of carbonyl (C=O) groups is 2. The van der Waals surface area contributed by atoms with Crippen molar-refractivity contribution in [1.82, 2.24) is 20.2 Å². The molecule has 0 unspecified atom stereocenters. The van der Waals surface area contributed by atoms with Crippen LogP contribution in [0.25, 0.3) is 0 Å². The number of nitrogens with one attached hydrogen (secondary N) is 2. The molecule has 2 N–H and O–H groups in total. The minimum atomic E-state index is -0.535. The van der Waals surface area contributed by atoms with Crippen LogP contribution in [0.2, 0.25) is 0 Å². The predicted molar refractivity (Wildman–Crippen MR) is 138 cm³/mol. The second-order valence-corrected chi connectivity index (χ2v) is 9.96. The average molecular weight is 485 g/mol. The fraction of sp³-hybridized carbons (Fsp3) is 0.379. The largest absolute Gasteiger partial charge is 0.352 e. The monoisotopic (exact) mass is 484 g/mol. The molecular weight excluding hydrogens is 452 g/mol.